The summed E-state index contributed by atoms with van der Waals surface area (Å²) in [7, 11) is 0. The number of phenols is 1. The number of para-hydroxylation sites is 1. The van der Waals surface area contributed by atoms with Gasteiger partial charge in [-0.25, -0.2) is 0 Å². The fourth-order valence-corrected chi connectivity index (χ4v) is 1.91. The summed E-state index contributed by atoms with van der Waals surface area (Å²) in [6.07, 6.45) is 5.77. The molecular weight excluding hydrogens is 212 g/mol. The maximum Gasteiger partial charge on any atom is 0.122 e. The van der Waals surface area contributed by atoms with E-state index in [1.54, 1.807) is 12.1 Å². The van der Waals surface area contributed by atoms with Crippen LogP contribution in [0.2, 0.25) is 0 Å². The molecule has 0 aromatic heterocycles. The second-order valence-electron chi connectivity index (χ2n) is 4.33. The van der Waals surface area contributed by atoms with Crippen LogP contribution in [0.5, 0.6) is 5.75 Å². The molecule has 2 N–H and O–H groups in total. The molecule has 17 heavy (non-hydrogen) atoms. The largest absolute Gasteiger partial charge is 0.511 e. The Morgan fingerprint density at radius 1 is 1.12 bits per heavy atom. The highest BCUT2D eigenvalue weighted by Crippen LogP contribution is 2.30. The normalized spacial score (nSPS) is 22.2. The van der Waals surface area contributed by atoms with Crippen molar-refractivity contribution in [2.45, 2.75) is 13.8 Å². The van der Waals surface area contributed by atoms with Gasteiger partial charge in [-0.1, -0.05) is 37.3 Å². The van der Waals surface area contributed by atoms with E-state index < -0.39 is 0 Å². The number of hydrogen-bond acceptors (Lipinski definition) is 2. The topological polar surface area (TPSA) is 40.5 Å². The Kier molecular flexibility index (Phi) is 3.05. The molecule has 0 saturated carbocycles. The van der Waals surface area contributed by atoms with Crippen molar-refractivity contribution in [2.75, 3.05) is 0 Å². The Labute approximate surface area is 101 Å². The molecule has 1 atom stereocenters. The quantitative estimate of drug-likeness (QED) is 0.767. The molecule has 1 aromatic rings. The van der Waals surface area contributed by atoms with Crippen LogP contribution in [0.1, 0.15) is 19.4 Å². The minimum absolute atomic E-state index is 0.0281. The smallest absolute Gasteiger partial charge is 0.122 e. The molecule has 0 bridgehead atoms. The fraction of sp³-hybridized carbons (Fsp3) is 0.200. The Morgan fingerprint density at radius 3 is 2.53 bits per heavy atom. The van der Waals surface area contributed by atoms with Gasteiger partial charge in [0.1, 0.15) is 11.5 Å². The van der Waals surface area contributed by atoms with E-state index in [2.05, 4.69) is 0 Å². The maximum atomic E-state index is 9.89. The minimum atomic E-state index is -0.0281. The molecule has 1 aromatic carbocycles. The summed E-state index contributed by atoms with van der Waals surface area (Å²) in [4.78, 5) is 0. The third kappa shape index (κ3) is 2.26. The van der Waals surface area contributed by atoms with Gasteiger partial charge in [0, 0.05) is 11.5 Å². The van der Waals surface area contributed by atoms with Crippen LogP contribution in [-0.4, -0.2) is 10.2 Å². The molecule has 0 amide bonds. The molecule has 0 heterocycles. The van der Waals surface area contributed by atoms with Gasteiger partial charge in [0.2, 0.25) is 0 Å². The van der Waals surface area contributed by atoms with Gasteiger partial charge in [-0.3, -0.25) is 0 Å². The maximum absolute atomic E-state index is 9.89. The van der Waals surface area contributed by atoms with Crippen LogP contribution < -0.4 is 0 Å². The van der Waals surface area contributed by atoms with Gasteiger partial charge >= 0.3 is 0 Å². The van der Waals surface area contributed by atoms with Crippen molar-refractivity contribution in [3.05, 3.63) is 58.9 Å². The van der Waals surface area contributed by atoms with E-state index >= 15 is 0 Å². The molecule has 0 aliphatic heterocycles. The van der Waals surface area contributed by atoms with Crippen molar-refractivity contribution in [1.82, 2.24) is 0 Å². The summed E-state index contributed by atoms with van der Waals surface area (Å²) >= 11 is 0. The minimum Gasteiger partial charge on any atom is -0.511 e. The second kappa shape index (κ2) is 4.50. The SMILES string of the molecule is CC1=C(O)C(C)C(=Cc2ccccc2O)C=C1. The van der Waals surface area contributed by atoms with E-state index in [1.165, 1.54) is 0 Å². The zero-order valence-electron chi connectivity index (χ0n) is 10.0. The molecule has 2 heteroatoms. The molecule has 1 aliphatic carbocycles. The summed E-state index contributed by atoms with van der Waals surface area (Å²) in [5.74, 6) is 0.625. The predicted molar refractivity (Wildman–Crippen MR) is 69.7 cm³/mol. The van der Waals surface area contributed by atoms with Gasteiger partial charge in [0.05, 0.1) is 0 Å². The number of allylic oxidation sites excluding steroid dienone is 4. The molecule has 2 rings (SSSR count). The van der Waals surface area contributed by atoms with Gasteiger partial charge in [-0.05, 0) is 30.2 Å². The third-order valence-corrected chi connectivity index (χ3v) is 3.10. The highest BCUT2D eigenvalue weighted by atomic mass is 16.3. The summed E-state index contributed by atoms with van der Waals surface area (Å²) in [6.45, 7) is 3.84. The van der Waals surface area contributed by atoms with Crippen molar-refractivity contribution in [1.29, 1.82) is 0 Å². The average molecular weight is 228 g/mol. The molecule has 1 aliphatic rings. The Balaban J connectivity index is 2.38. The Bertz CT molecular complexity index is 521. The van der Waals surface area contributed by atoms with Crippen molar-refractivity contribution in [2.24, 2.45) is 5.92 Å². The van der Waals surface area contributed by atoms with Gasteiger partial charge in [-0.15, -0.1) is 0 Å². The van der Waals surface area contributed by atoms with E-state index in [0.717, 1.165) is 16.7 Å². The fourth-order valence-electron chi connectivity index (χ4n) is 1.91. The summed E-state index contributed by atoms with van der Waals surface area (Å²) in [5, 5.41) is 19.6. The Morgan fingerprint density at radius 2 is 1.82 bits per heavy atom. The number of aromatic hydroxyl groups is 1. The standard InChI is InChI=1S/C15H16O2/c1-10-7-8-12(11(2)15(10)17)9-13-5-3-4-6-14(13)16/h3-9,11,16-17H,1-2H3. The summed E-state index contributed by atoms with van der Waals surface area (Å²) in [6, 6.07) is 7.18. The average Bonchev–Trinajstić information content (AvgIpc) is 2.32. The molecule has 0 saturated heterocycles. The number of rotatable bonds is 1. The highest BCUT2D eigenvalue weighted by molar-refractivity contribution is 5.63. The number of benzene rings is 1. The van der Waals surface area contributed by atoms with Crippen LogP contribution in [-0.2, 0) is 0 Å². The molecule has 88 valence electrons. The Hall–Kier alpha value is -1.96. The van der Waals surface area contributed by atoms with Crippen molar-refractivity contribution in [3.8, 4) is 5.75 Å². The first-order chi connectivity index (χ1) is 8.09. The van der Waals surface area contributed by atoms with Gasteiger partial charge in [0.25, 0.3) is 0 Å². The highest BCUT2D eigenvalue weighted by Gasteiger charge is 2.17. The molecule has 2 nitrogen and oxygen atoms in total. The van der Waals surface area contributed by atoms with Crippen molar-refractivity contribution in [3.63, 3.8) is 0 Å². The van der Waals surface area contributed by atoms with Gasteiger partial charge in [-0.2, -0.15) is 0 Å². The first kappa shape index (κ1) is 11.5. The molecule has 0 spiro atoms. The number of aliphatic hydroxyl groups excluding tert-OH is 1. The lowest BCUT2D eigenvalue weighted by atomic mass is 9.89. The van der Waals surface area contributed by atoms with E-state index in [4.69, 9.17) is 0 Å². The summed E-state index contributed by atoms with van der Waals surface area (Å²) < 4.78 is 0. The molecular formula is C15H16O2. The lowest BCUT2D eigenvalue weighted by Gasteiger charge is -2.18. The zero-order chi connectivity index (χ0) is 12.4. The van der Waals surface area contributed by atoms with E-state index in [0.29, 0.717) is 5.76 Å². The van der Waals surface area contributed by atoms with Crippen LogP contribution in [0.4, 0.5) is 0 Å². The van der Waals surface area contributed by atoms with Crippen LogP contribution in [0, 0.1) is 5.92 Å². The van der Waals surface area contributed by atoms with Crippen molar-refractivity contribution >= 4 is 6.08 Å². The summed E-state index contributed by atoms with van der Waals surface area (Å²) in [5.41, 5.74) is 2.66. The van der Waals surface area contributed by atoms with E-state index in [1.807, 2.05) is 44.2 Å². The van der Waals surface area contributed by atoms with Crippen LogP contribution in [0.15, 0.2) is 53.3 Å². The van der Waals surface area contributed by atoms with Crippen molar-refractivity contribution < 1.29 is 10.2 Å². The predicted octanol–water partition coefficient (Wildman–Crippen LogP) is 3.81. The molecule has 1 unspecified atom stereocenters. The lowest BCUT2D eigenvalue weighted by molar-refractivity contribution is 0.354. The zero-order valence-corrected chi connectivity index (χ0v) is 10.0. The van der Waals surface area contributed by atoms with Crippen LogP contribution in [0.25, 0.3) is 6.08 Å². The van der Waals surface area contributed by atoms with Crippen LogP contribution in [0.3, 0.4) is 0 Å². The first-order valence-corrected chi connectivity index (χ1v) is 5.67. The van der Waals surface area contributed by atoms with E-state index in [9.17, 15) is 10.2 Å². The molecule has 0 fully saturated rings. The number of hydrogen-bond donors (Lipinski definition) is 2. The van der Waals surface area contributed by atoms with E-state index in [-0.39, 0.29) is 11.7 Å². The number of aliphatic hydroxyl groups is 1. The number of phenolic OH excluding ortho intramolecular Hbond substituents is 1. The third-order valence-electron chi connectivity index (χ3n) is 3.10. The monoisotopic (exact) mass is 228 g/mol. The van der Waals surface area contributed by atoms with Gasteiger partial charge in [0.15, 0.2) is 0 Å². The van der Waals surface area contributed by atoms with Crippen LogP contribution >= 0.6 is 0 Å². The molecule has 0 radical (unpaired) electrons. The first-order valence-electron chi connectivity index (χ1n) is 5.67. The lowest BCUT2D eigenvalue weighted by Crippen LogP contribution is -2.07. The van der Waals surface area contributed by atoms with Gasteiger partial charge < -0.3 is 10.2 Å². The second-order valence-corrected chi connectivity index (χ2v) is 4.33.